The molecule has 0 saturated carbocycles. The molecule has 0 unspecified atom stereocenters. The van der Waals surface area contributed by atoms with Crippen LogP contribution >= 0.6 is 11.3 Å². The molecular weight excluding hydrogens is 398 g/mol. The molecule has 0 aliphatic rings. The van der Waals surface area contributed by atoms with Gasteiger partial charge in [0.15, 0.2) is 5.65 Å². The Bertz CT molecular complexity index is 1230. The van der Waals surface area contributed by atoms with Gasteiger partial charge in [-0.3, -0.25) is 0 Å². The highest BCUT2D eigenvalue weighted by atomic mass is 32.1. The van der Waals surface area contributed by atoms with E-state index in [4.69, 9.17) is 13.9 Å². The van der Waals surface area contributed by atoms with Gasteiger partial charge in [-0.1, -0.05) is 29.5 Å². The summed E-state index contributed by atoms with van der Waals surface area (Å²) in [4.78, 5) is 8.65. The molecule has 0 radical (unpaired) electrons. The fourth-order valence-electron chi connectivity index (χ4n) is 3.14. The average molecular weight is 417 g/mol. The summed E-state index contributed by atoms with van der Waals surface area (Å²) in [6, 6.07) is 19.5. The molecule has 0 aliphatic heterocycles. The minimum atomic E-state index is 0.565. The minimum Gasteiger partial charge on any atom is -0.492 e. The summed E-state index contributed by atoms with van der Waals surface area (Å²) < 4.78 is 18.3. The lowest BCUT2D eigenvalue weighted by molar-refractivity contribution is 0.313. The van der Waals surface area contributed by atoms with E-state index >= 15 is 0 Å². The number of aromatic nitrogens is 2. The third kappa shape index (κ3) is 4.12. The van der Waals surface area contributed by atoms with Gasteiger partial charge in [0.05, 0.1) is 11.0 Å². The van der Waals surface area contributed by atoms with Crippen LogP contribution in [0.3, 0.4) is 0 Å². The first-order valence-electron chi connectivity index (χ1n) is 9.63. The number of ether oxygens (including phenoxy) is 2. The molecule has 0 aliphatic carbocycles. The van der Waals surface area contributed by atoms with Gasteiger partial charge in [-0.2, -0.15) is 4.98 Å². The summed E-state index contributed by atoms with van der Waals surface area (Å²) in [6.07, 6.45) is 3.51. The van der Waals surface area contributed by atoms with Gasteiger partial charge in [0.2, 0.25) is 0 Å². The maximum atomic E-state index is 5.91. The number of para-hydroxylation sites is 1. The number of nitrogens with zero attached hydrogens (tertiary/aromatic N) is 2. The maximum Gasteiger partial charge on any atom is 0.281 e. The Hall–Kier alpha value is -3.42. The van der Waals surface area contributed by atoms with Crippen LogP contribution in [0.15, 0.2) is 77.5 Å². The van der Waals surface area contributed by atoms with Crippen LogP contribution in [0.5, 0.6) is 16.7 Å². The number of furan rings is 1. The molecule has 0 spiro atoms. The second kappa shape index (κ2) is 8.52. The van der Waals surface area contributed by atoms with Crippen molar-refractivity contribution in [1.82, 2.24) is 15.3 Å². The lowest BCUT2D eigenvalue weighted by atomic mass is 10.1. The van der Waals surface area contributed by atoms with Crippen LogP contribution in [-0.2, 0) is 6.54 Å². The zero-order chi connectivity index (χ0) is 20.2. The fourth-order valence-corrected chi connectivity index (χ4v) is 3.93. The van der Waals surface area contributed by atoms with Crippen LogP contribution in [0.25, 0.3) is 21.3 Å². The van der Waals surface area contributed by atoms with Crippen molar-refractivity contribution in [2.75, 3.05) is 13.2 Å². The highest BCUT2D eigenvalue weighted by Gasteiger charge is 2.10. The predicted molar refractivity (Wildman–Crippen MR) is 117 cm³/mol. The molecule has 6 nitrogen and oxygen atoms in total. The van der Waals surface area contributed by atoms with Crippen molar-refractivity contribution in [2.24, 2.45) is 0 Å². The normalized spacial score (nSPS) is 11.2. The first-order chi connectivity index (χ1) is 14.8. The van der Waals surface area contributed by atoms with E-state index in [9.17, 15) is 0 Å². The van der Waals surface area contributed by atoms with Gasteiger partial charge in [-0.25, -0.2) is 4.98 Å². The molecule has 7 heteroatoms. The van der Waals surface area contributed by atoms with Crippen LogP contribution in [0.1, 0.15) is 5.56 Å². The lowest BCUT2D eigenvalue weighted by Gasteiger charge is -2.07. The summed E-state index contributed by atoms with van der Waals surface area (Å²) in [5, 5.41) is 5.01. The van der Waals surface area contributed by atoms with Crippen molar-refractivity contribution in [3.8, 4) is 16.7 Å². The number of hydrogen-bond acceptors (Lipinski definition) is 7. The van der Waals surface area contributed by atoms with Crippen molar-refractivity contribution < 1.29 is 13.9 Å². The second-order valence-electron chi connectivity index (χ2n) is 6.66. The van der Waals surface area contributed by atoms with Gasteiger partial charge < -0.3 is 19.2 Å². The number of thiazole rings is 1. The molecule has 3 heterocycles. The lowest BCUT2D eigenvalue weighted by Crippen LogP contribution is -2.20. The Kier molecular flexibility index (Phi) is 5.28. The molecule has 0 bridgehead atoms. The Balaban J connectivity index is 1.19. The molecule has 0 atom stereocenters. The third-order valence-electron chi connectivity index (χ3n) is 4.58. The van der Waals surface area contributed by atoms with E-state index in [2.05, 4.69) is 15.3 Å². The summed E-state index contributed by atoms with van der Waals surface area (Å²) in [5.74, 6) is 1.57. The predicted octanol–water partition coefficient (Wildman–Crippen LogP) is 5.40. The summed E-state index contributed by atoms with van der Waals surface area (Å²) in [5.41, 5.74) is 2.57. The largest absolute Gasteiger partial charge is 0.492 e. The summed E-state index contributed by atoms with van der Waals surface area (Å²) >= 11 is 1.47. The molecule has 5 rings (SSSR count). The van der Waals surface area contributed by atoms with Crippen LogP contribution in [-0.4, -0.2) is 23.1 Å². The first-order valence-corrected chi connectivity index (χ1v) is 10.4. The number of nitrogens with one attached hydrogen (secondary N) is 1. The highest BCUT2D eigenvalue weighted by molar-refractivity contribution is 7.20. The van der Waals surface area contributed by atoms with Gasteiger partial charge in [0.1, 0.15) is 23.7 Å². The van der Waals surface area contributed by atoms with Crippen LogP contribution < -0.4 is 14.8 Å². The number of fused-ring (bicyclic) bond motifs is 2. The Morgan fingerprint density at radius 1 is 1.00 bits per heavy atom. The van der Waals surface area contributed by atoms with Crippen molar-refractivity contribution in [3.63, 3.8) is 0 Å². The van der Waals surface area contributed by atoms with Gasteiger partial charge in [0, 0.05) is 36.3 Å². The average Bonchev–Trinajstić information content (AvgIpc) is 3.37. The van der Waals surface area contributed by atoms with Crippen LogP contribution in [0.2, 0.25) is 0 Å². The van der Waals surface area contributed by atoms with E-state index in [0.29, 0.717) is 29.7 Å². The molecule has 0 fully saturated rings. The van der Waals surface area contributed by atoms with Gasteiger partial charge in [-0.05, 0) is 36.4 Å². The number of hydrogen-bond donors (Lipinski definition) is 1. The molecular formula is C23H19N3O3S. The Labute approximate surface area is 177 Å². The fraction of sp³-hybridized carbons (Fsp3) is 0.130. The van der Waals surface area contributed by atoms with E-state index in [-0.39, 0.29) is 0 Å². The maximum absolute atomic E-state index is 5.91. The zero-order valence-corrected chi connectivity index (χ0v) is 16.9. The molecule has 150 valence electrons. The standard InChI is InChI=1S/C23H19N3O3S/c1-2-5-17(6-3-1)27-12-11-24-14-16-15-28-20-13-18(8-9-19(16)20)29-23-26-22-21(30-23)7-4-10-25-22/h1-10,13,15,24H,11-12,14H2. The van der Waals surface area contributed by atoms with E-state index in [1.165, 1.54) is 11.3 Å². The smallest absolute Gasteiger partial charge is 0.281 e. The third-order valence-corrected chi connectivity index (χ3v) is 5.47. The Morgan fingerprint density at radius 2 is 1.93 bits per heavy atom. The molecule has 1 N–H and O–H groups in total. The second-order valence-corrected chi connectivity index (χ2v) is 7.66. The van der Waals surface area contributed by atoms with E-state index in [1.54, 1.807) is 12.5 Å². The summed E-state index contributed by atoms with van der Waals surface area (Å²) in [6.45, 7) is 2.05. The first kappa shape index (κ1) is 18.6. The molecule has 5 aromatic rings. The zero-order valence-electron chi connectivity index (χ0n) is 16.1. The van der Waals surface area contributed by atoms with E-state index in [0.717, 1.165) is 33.5 Å². The molecule has 0 amide bonds. The van der Waals surface area contributed by atoms with E-state index in [1.807, 2.05) is 60.7 Å². The molecule has 3 aromatic heterocycles. The summed E-state index contributed by atoms with van der Waals surface area (Å²) in [7, 11) is 0. The van der Waals surface area contributed by atoms with Gasteiger partial charge in [0.25, 0.3) is 5.19 Å². The van der Waals surface area contributed by atoms with Crippen molar-refractivity contribution in [2.45, 2.75) is 6.54 Å². The van der Waals surface area contributed by atoms with Crippen LogP contribution in [0.4, 0.5) is 0 Å². The van der Waals surface area contributed by atoms with Crippen molar-refractivity contribution >= 4 is 32.7 Å². The van der Waals surface area contributed by atoms with Crippen molar-refractivity contribution in [1.29, 1.82) is 0 Å². The van der Waals surface area contributed by atoms with Gasteiger partial charge in [-0.15, -0.1) is 0 Å². The number of pyridine rings is 1. The molecule has 30 heavy (non-hydrogen) atoms. The SMILES string of the molecule is c1ccc(OCCNCc2coc3cc(Oc4nc5ncccc5s4)ccc23)cc1. The number of rotatable bonds is 8. The number of benzene rings is 2. The van der Waals surface area contributed by atoms with E-state index < -0.39 is 0 Å². The molecule has 2 aromatic carbocycles. The highest BCUT2D eigenvalue weighted by Crippen LogP contribution is 2.32. The topological polar surface area (TPSA) is 69.4 Å². The quantitative estimate of drug-likeness (QED) is 0.341. The minimum absolute atomic E-state index is 0.565. The van der Waals surface area contributed by atoms with Gasteiger partial charge >= 0.3 is 0 Å². The monoisotopic (exact) mass is 417 g/mol. The Morgan fingerprint density at radius 3 is 2.83 bits per heavy atom. The van der Waals surface area contributed by atoms with Crippen LogP contribution in [0, 0.1) is 0 Å². The molecule has 0 saturated heterocycles. The van der Waals surface area contributed by atoms with Crippen molar-refractivity contribution in [3.05, 3.63) is 78.7 Å².